The van der Waals surface area contributed by atoms with Gasteiger partial charge in [-0.05, 0) is 46.0 Å². The molecule has 0 saturated carbocycles. The van der Waals surface area contributed by atoms with E-state index >= 15 is 0 Å². The van der Waals surface area contributed by atoms with E-state index in [1.165, 1.54) is 13.2 Å². The van der Waals surface area contributed by atoms with Crippen LogP contribution in [0.15, 0.2) is 28.0 Å². The summed E-state index contributed by atoms with van der Waals surface area (Å²) in [5.74, 6) is 0.969. The average molecular weight is 375 g/mol. The normalized spacial score (nSPS) is 12.6. The minimum absolute atomic E-state index is 0.171. The molecule has 0 aliphatic rings. The van der Waals surface area contributed by atoms with Gasteiger partial charge in [-0.15, -0.1) is 11.3 Å². The van der Waals surface area contributed by atoms with Crippen molar-refractivity contribution in [1.29, 1.82) is 0 Å². The standard InChI is InChI=1S/C19H22FN3O2S/c1-11-10-26-19(21-11)12(2)23(4)9-16-13(3)25-18(22-16)14-6-7-15(20)17(8-14)24-5/h6-8,10,12H,9H2,1-5H3. The van der Waals surface area contributed by atoms with E-state index < -0.39 is 5.82 Å². The molecule has 0 amide bonds. The largest absolute Gasteiger partial charge is 0.494 e. The molecule has 7 heteroatoms. The number of thiazole rings is 1. The molecule has 3 aromatic rings. The molecule has 2 aromatic heterocycles. The molecule has 3 rings (SSSR count). The Kier molecular flexibility index (Phi) is 5.38. The highest BCUT2D eigenvalue weighted by atomic mass is 32.1. The summed E-state index contributed by atoms with van der Waals surface area (Å²) in [6.45, 7) is 6.64. The van der Waals surface area contributed by atoms with Crippen LogP contribution < -0.4 is 4.74 Å². The number of benzene rings is 1. The van der Waals surface area contributed by atoms with Crippen LogP contribution in [0.2, 0.25) is 0 Å². The predicted molar refractivity (Wildman–Crippen MR) is 99.9 cm³/mol. The van der Waals surface area contributed by atoms with Crippen LogP contribution in [0.4, 0.5) is 4.39 Å². The highest BCUT2D eigenvalue weighted by Gasteiger charge is 2.19. The number of methoxy groups -OCH3 is 1. The summed E-state index contributed by atoms with van der Waals surface area (Å²) in [7, 11) is 3.47. The molecule has 2 heterocycles. The van der Waals surface area contributed by atoms with Gasteiger partial charge in [-0.2, -0.15) is 0 Å². The summed E-state index contributed by atoms with van der Waals surface area (Å²) in [5.41, 5.74) is 2.57. The van der Waals surface area contributed by atoms with Crippen molar-refractivity contribution in [3.63, 3.8) is 0 Å². The molecule has 1 aromatic carbocycles. The fraction of sp³-hybridized carbons (Fsp3) is 0.368. The summed E-state index contributed by atoms with van der Waals surface area (Å²) in [5, 5.41) is 3.13. The summed E-state index contributed by atoms with van der Waals surface area (Å²) >= 11 is 1.66. The minimum Gasteiger partial charge on any atom is -0.494 e. The topological polar surface area (TPSA) is 51.4 Å². The van der Waals surface area contributed by atoms with Crippen LogP contribution in [-0.4, -0.2) is 29.0 Å². The summed E-state index contributed by atoms with van der Waals surface area (Å²) in [4.78, 5) is 11.3. The highest BCUT2D eigenvalue weighted by molar-refractivity contribution is 7.09. The number of ether oxygens (including phenoxy) is 1. The van der Waals surface area contributed by atoms with Gasteiger partial charge in [-0.25, -0.2) is 14.4 Å². The van der Waals surface area contributed by atoms with E-state index in [0.717, 1.165) is 22.2 Å². The lowest BCUT2D eigenvalue weighted by Crippen LogP contribution is -2.22. The van der Waals surface area contributed by atoms with Crippen molar-refractivity contribution in [2.75, 3.05) is 14.2 Å². The molecular formula is C19H22FN3O2S. The smallest absolute Gasteiger partial charge is 0.226 e. The van der Waals surface area contributed by atoms with E-state index in [1.54, 1.807) is 23.5 Å². The first-order valence-corrected chi connectivity index (χ1v) is 9.19. The third-order valence-corrected chi connectivity index (χ3v) is 5.48. The lowest BCUT2D eigenvalue weighted by molar-refractivity contribution is 0.248. The quantitative estimate of drug-likeness (QED) is 0.622. The second-order valence-electron chi connectivity index (χ2n) is 6.29. The molecule has 0 bridgehead atoms. The number of halogens is 1. The van der Waals surface area contributed by atoms with E-state index in [9.17, 15) is 4.39 Å². The first-order valence-electron chi connectivity index (χ1n) is 8.31. The zero-order valence-corrected chi connectivity index (χ0v) is 16.4. The maximum Gasteiger partial charge on any atom is 0.226 e. The van der Waals surface area contributed by atoms with Gasteiger partial charge in [0.1, 0.15) is 10.8 Å². The lowest BCUT2D eigenvalue weighted by Gasteiger charge is -2.21. The van der Waals surface area contributed by atoms with Gasteiger partial charge in [0.05, 0.1) is 18.8 Å². The van der Waals surface area contributed by atoms with E-state index in [1.807, 2.05) is 20.9 Å². The van der Waals surface area contributed by atoms with Gasteiger partial charge in [0.15, 0.2) is 11.6 Å². The van der Waals surface area contributed by atoms with Crippen LogP contribution in [0, 0.1) is 19.7 Å². The molecule has 5 nitrogen and oxygen atoms in total. The molecule has 1 unspecified atom stereocenters. The molecule has 0 saturated heterocycles. The Morgan fingerprint density at radius 1 is 1.31 bits per heavy atom. The van der Waals surface area contributed by atoms with Crippen molar-refractivity contribution in [3.8, 4) is 17.2 Å². The number of aryl methyl sites for hydroxylation is 2. The maximum atomic E-state index is 13.6. The number of nitrogens with zero attached hydrogens (tertiary/aromatic N) is 3. The van der Waals surface area contributed by atoms with Crippen LogP contribution in [0.5, 0.6) is 5.75 Å². The van der Waals surface area contributed by atoms with Crippen LogP contribution in [-0.2, 0) is 6.54 Å². The highest BCUT2D eigenvalue weighted by Crippen LogP contribution is 2.29. The summed E-state index contributed by atoms with van der Waals surface area (Å²) < 4.78 is 24.4. The third kappa shape index (κ3) is 3.78. The van der Waals surface area contributed by atoms with Crippen molar-refractivity contribution >= 4 is 11.3 Å². The molecule has 26 heavy (non-hydrogen) atoms. The van der Waals surface area contributed by atoms with Crippen molar-refractivity contribution in [1.82, 2.24) is 14.9 Å². The first kappa shape index (κ1) is 18.5. The molecule has 0 spiro atoms. The third-order valence-electron chi connectivity index (χ3n) is 4.35. The zero-order chi connectivity index (χ0) is 18.8. The Morgan fingerprint density at radius 3 is 2.73 bits per heavy atom. The SMILES string of the molecule is COc1cc(-c2nc(CN(C)C(C)c3nc(C)cs3)c(C)o2)ccc1F. The maximum absolute atomic E-state index is 13.6. The van der Waals surface area contributed by atoms with Crippen molar-refractivity contribution in [2.45, 2.75) is 33.4 Å². The van der Waals surface area contributed by atoms with E-state index in [-0.39, 0.29) is 11.8 Å². The molecule has 1 atom stereocenters. The van der Waals surface area contributed by atoms with Crippen molar-refractivity contribution in [3.05, 3.63) is 51.6 Å². The summed E-state index contributed by atoms with van der Waals surface area (Å²) in [6, 6.07) is 4.76. The fourth-order valence-corrected chi connectivity index (χ4v) is 3.53. The van der Waals surface area contributed by atoms with Gasteiger partial charge in [-0.3, -0.25) is 4.90 Å². The summed E-state index contributed by atoms with van der Waals surface area (Å²) in [6.07, 6.45) is 0. The van der Waals surface area contributed by atoms with Gasteiger partial charge in [0, 0.05) is 23.2 Å². The molecule has 138 valence electrons. The van der Waals surface area contributed by atoms with Gasteiger partial charge in [0.25, 0.3) is 0 Å². The Morgan fingerprint density at radius 2 is 2.08 bits per heavy atom. The molecule has 0 fully saturated rings. The Bertz CT molecular complexity index is 906. The van der Waals surface area contributed by atoms with E-state index in [0.29, 0.717) is 18.0 Å². The minimum atomic E-state index is -0.410. The number of aromatic nitrogens is 2. The van der Waals surface area contributed by atoms with Crippen molar-refractivity contribution in [2.24, 2.45) is 0 Å². The van der Waals surface area contributed by atoms with Crippen LogP contribution in [0.3, 0.4) is 0 Å². The Hall–Kier alpha value is -2.25. The molecule has 0 aliphatic carbocycles. The van der Waals surface area contributed by atoms with Gasteiger partial charge in [0.2, 0.25) is 5.89 Å². The second kappa shape index (κ2) is 7.55. The average Bonchev–Trinajstić information content (AvgIpc) is 3.21. The fourth-order valence-electron chi connectivity index (χ4n) is 2.62. The number of hydrogen-bond donors (Lipinski definition) is 0. The zero-order valence-electron chi connectivity index (χ0n) is 15.5. The predicted octanol–water partition coefficient (Wildman–Crippen LogP) is 4.76. The monoisotopic (exact) mass is 375 g/mol. The van der Waals surface area contributed by atoms with Gasteiger partial charge >= 0.3 is 0 Å². The van der Waals surface area contributed by atoms with Crippen LogP contribution >= 0.6 is 11.3 Å². The van der Waals surface area contributed by atoms with E-state index in [4.69, 9.17) is 9.15 Å². The van der Waals surface area contributed by atoms with Gasteiger partial charge in [-0.1, -0.05) is 0 Å². The number of rotatable bonds is 6. The molecular weight excluding hydrogens is 353 g/mol. The van der Waals surface area contributed by atoms with Gasteiger partial charge < -0.3 is 9.15 Å². The second-order valence-corrected chi connectivity index (χ2v) is 7.18. The molecule has 0 radical (unpaired) electrons. The number of oxazole rings is 1. The lowest BCUT2D eigenvalue weighted by atomic mass is 10.2. The van der Waals surface area contributed by atoms with Crippen LogP contribution in [0.1, 0.15) is 35.1 Å². The molecule has 0 N–H and O–H groups in total. The molecule has 0 aliphatic heterocycles. The first-order chi connectivity index (χ1) is 12.4. The van der Waals surface area contributed by atoms with Crippen LogP contribution in [0.25, 0.3) is 11.5 Å². The van der Waals surface area contributed by atoms with Crippen molar-refractivity contribution < 1.29 is 13.5 Å². The van der Waals surface area contributed by atoms with E-state index in [2.05, 4.69) is 27.2 Å². The number of hydrogen-bond acceptors (Lipinski definition) is 6. The Balaban J connectivity index is 1.80. The Labute approximate surface area is 156 Å².